The zero-order valence-corrected chi connectivity index (χ0v) is 8.88. The predicted octanol–water partition coefficient (Wildman–Crippen LogP) is 1.92. The molecule has 0 spiro atoms. The minimum Gasteiger partial charge on any atom is -0.309 e. The Kier molecular flexibility index (Phi) is 10.4. The molecule has 0 aromatic carbocycles. The Morgan fingerprint density at radius 3 is 1.62 bits per heavy atom. The van der Waals surface area contributed by atoms with Gasteiger partial charge in [0.25, 0.3) is 0 Å². The van der Waals surface area contributed by atoms with Crippen molar-refractivity contribution in [3.05, 3.63) is 0 Å². The van der Waals surface area contributed by atoms with E-state index in [2.05, 4.69) is 0 Å². The summed E-state index contributed by atoms with van der Waals surface area (Å²) in [4.78, 5) is 0. The monoisotopic (exact) mass is 204 g/mol. The SMILES string of the molecule is CCOP(C)(=O)OCC.N#CC#N. The molecule has 0 aromatic rings. The Labute approximate surface area is 78.4 Å². The van der Waals surface area contributed by atoms with E-state index in [9.17, 15) is 4.57 Å². The molecule has 0 amide bonds. The van der Waals surface area contributed by atoms with E-state index in [1.807, 2.05) is 0 Å². The molecule has 0 bridgehead atoms. The van der Waals surface area contributed by atoms with Crippen LogP contribution in [0.15, 0.2) is 0 Å². The first-order valence-electron chi connectivity index (χ1n) is 3.68. The Balaban J connectivity index is 0. The predicted molar refractivity (Wildman–Crippen MR) is 48.0 cm³/mol. The van der Waals surface area contributed by atoms with Crippen molar-refractivity contribution in [2.75, 3.05) is 19.9 Å². The van der Waals surface area contributed by atoms with Gasteiger partial charge in [0.15, 0.2) is 12.1 Å². The van der Waals surface area contributed by atoms with Gasteiger partial charge in [-0.15, -0.1) is 0 Å². The average Bonchev–Trinajstić information content (AvgIpc) is 2.04. The summed E-state index contributed by atoms with van der Waals surface area (Å²) in [6.07, 6.45) is 0. The maximum atomic E-state index is 11.0. The fourth-order valence-electron chi connectivity index (χ4n) is 0.506. The van der Waals surface area contributed by atoms with Gasteiger partial charge < -0.3 is 9.05 Å². The second-order valence-electron chi connectivity index (χ2n) is 1.83. The van der Waals surface area contributed by atoms with Crippen LogP contribution in [-0.4, -0.2) is 19.9 Å². The van der Waals surface area contributed by atoms with Crippen molar-refractivity contribution in [1.82, 2.24) is 0 Å². The number of hydrogen-bond acceptors (Lipinski definition) is 5. The van der Waals surface area contributed by atoms with Crippen molar-refractivity contribution in [1.29, 1.82) is 10.5 Å². The maximum absolute atomic E-state index is 11.0. The summed E-state index contributed by atoms with van der Waals surface area (Å²) in [5, 5.41) is 14.5. The molecule has 0 aliphatic rings. The first-order valence-corrected chi connectivity index (χ1v) is 5.67. The van der Waals surface area contributed by atoms with Crippen molar-refractivity contribution in [2.24, 2.45) is 0 Å². The van der Waals surface area contributed by atoms with Crippen LogP contribution < -0.4 is 0 Å². The Hall–Kier alpha value is -0.870. The molecule has 0 radical (unpaired) electrons. The van der Waals surface area contributed by atoms with Gasteiger partial charge in [0.1, 0.15) is 0 Å². The minimum atomic E-state index is -2.69. The van der Waals surface area contributed by atoms with Gasteiger partial charge in [-0.2, -0.15) is 10.5 Å². The standard InChI is InChI=1S/C5H13O3P.C2N2/c1-4-7-9(3,6)8-5-2;3-1-2-4/h4-5H2,1-3H3;. The highest BCUT2D eigenvalue weighted by molar-refractivity contribution is 7.52. The summed E-state index contributed by atoms with van der Waals surface area (Å²) in [5.41, 5.74) is 0. The molecule has 6 heteroatoms. The molecule has 0 saturated heterocycles. The van der Waals surface area contributed by atoms with E-state index in [1.54, 1.807) is 13.8 Å². The van der Waals surface area contributed by atoms with Gasteiger partial charge >= 0.3 is 7.60 Å². The zero-order chi connectivity index (χ0) is 10.7. The van der Waals surface area contributed by atoms with Crippen molar-refractivity contribution in [3.8, 4) is 12.1 Å². The number of hydrogen-bond donors (Lipinski definition) is 0. The van der Waals surface area contributed by atoms with Gasteiger partial charge in [0.2, 0.25) is 0 Å². The number of nitrogens with zero attached hydrogens (tertiary/aromatic N) is 2. The van der Waals surface area contributed by atoms with Crippen LogP contribution in [0.4, 0.5) is 0 Å². The molecule has 5 nitrogen and oxygen atoms in total. The van der Waals surface area contributed by atoms with Gasteiger partial charge in [0, 0.05) is 6.66 Å². The third-order valence-corrected chi connectivity index (χ3v) is 2.23. The van der Waals surface area contributed by atoms with Gasteiger partial charge in [-0.05, 0) is 13.8 Å². The zero-order valence-electron chi connectivity index (χ0n) is 7.98. The molecule has 0 rings (SSSR count). The molecule has 0 unspecified atom stereocenters. The molecule has 0 aliphatic heterocycles. The molecule has 0 fully saturated rings. The lowest BCUT2D eigenvalue weighted by molar-refractivity contribution is 0.225. The topological polar surface area (TPSA) is 83.1 Å². The van der Waals surface area contributed by atoms with Crippen LogP contribution in [-0.2, 0) is 13.6 Å². The van der Waals surface area contributed by atoms with Gasteiger partial charge in [-0.1, -0.05) is 0 Å². The van der Waals surface area contributed by atoms with E-state index in [0.29, 0.717) is 13.2 Å². The molecular formula is C7H13N2O3P. The van der Waals surface area contributed by atoms with Crippen LogP contribution in [0.3, 0.4) is 0 Å². The fraction of sp³-hybridized carbons (Fsp3) is 0.714. The second kappa shape index (κ2) is 9.22. The Morgan fingerprint density at radius 1 is 1.15 bits per heavy atom. The van der Waals surface area contributed by atoms with E-state index in [-0.39, 0.29) is 0 Å². The van der Waals surface area contributed by atoms with Crippen LogP contribution in [0.5, 0.6) is 0 Å². The van der Waals surface area contributed by atoms with Gasteiger partial charge in [0.05, 0.1) is 13.2 Å². The van der Waals surface area contributed by atoms with Crippen molar-refractivity contribution in [2.45, 2.75) is 13.8 Å². The van der Waals surface area contributed by atoms with Crippen molar-refractivity contribution >= 4 is 7.60 Å². The summed E-state index contributed by atoms with van der Waals surface area (Å²) in [6.45, 7) is 5.92. The molecule has 0 heterocycles. The molecular weight excluding hydrogens is 191 g/mol. The van der Waals surface area contributed by atoms with Crippen LogP contribution in [0.25, 0.3) is 0 Å². The maximum Gasteiger partial charge on any atom is 0.327 e. The fourth-order valence-corrected chi connectivity index (χ4v) is 1.52. The van der Waals surface area contributed by atoms with Crippen molar-refractivity contribution < 1.29 is 13.6 Å². The van der Waals surface area contributed by atoms with Gasteiger partial charge in [-0.3, -0.25) is 4.57 Å². The van der Waals surface area contributed by atoms with E-state index < -0.39 is 7.60 Å². The van der Waals surface area contributed by atoms with E-state index in [4.69, 9.17) is 19.6 Å². The molecule has 0 saturated carbocycles. The quantitative estimate of drug-likeness (QED) is 0.653. The highest BCUT2D eigenvalue weighted by Crippen LogP contribution is 2.43. The summed E-state index contributed by atoms with van der Waals surface area (Å²) in [7, 11) is -2.69. The molecule has 74 valence electrons. The van der Waals surface area contributed by atoms with E-state index in [1.165, 1.54) is 18.8 Å². The lowest BCUT2D eigenvalue weighted by Crippen LogP contribution is -1.92. The molecule has 0 aromatic heterocycles. The summed E-state index contributed by atoms with van der Waals surface area (Å²) >= 11 is 0. The highest BCUT2D eigenvalue weighted by Gasteiger charge is 2.13. The first-order chi connectivity index (χ1) is 6.04. The summed E-state index contributed by atoms with van der Waals surface area (Å²) < 4.78 is 20.6. The van der Waals surface area contributed by atoms with E-state index in [0.717, 1.165) is 0 Å². The lowest BCUT2D eigenvalue weighted by Gasteiger charge is -2.10. The van der Waals surface area contributed by atoms with Gasteiger partial charge in [-0.25, -0.2) is 0 Å². The molecule has 13 heavy (non-hydrogen) atoms. The highest BCUT2D eigenvalue weighted by atomic mass is 31.2. The van der Waals surface area contributed by atoms with E-state index >= 15 is 0 Å². The normalized spacial score (nSPS) is 9.00. The first kappa shape index (κ1) is 14.6. The third-order valence-electron chi connectivity index (χ3n) is 0.777. The smallest absolute Gasteiger partial charge is 0.309 e. The van der Waals surface area contributed by atoms with Crippen LogP contribution in [0, 0.1) is 22.7 Å². The molecule has 0 aliphatic carbocycles. The average molecular weight is 204 g/mol. The second-order valence-corrected chi connectivity index (χ2v) is 3.89. The van der Waals surface area contributed by atoms with Crippen LogP contribution in [0.2, 0.25) is 0 Å². The Morgan fingerprint density at radius 2 is 1.46 bits per heavy atom. The van der Waals surface area contributed by atoms with Crippen LogP contribution >= 0.6 is 7.60 Å². The number of rotatable bonds is 4. The molecule has 0 N–H and O–H groups in total. The Bertz CT molecular complexity index is 219. The largest absolute Gasteiger partial charge is 0.327 e. The lowest BCUT2D eigenvalue weighted by atomic mass is 10.9. The summed E-state index contributed by atoms with van der Waals surface area (Å²) in [5.74, 6) is 0. The summed E-state index contributed by atoms with van der Waals surface area (Å²) in [6, 6.07) is 2.47. The minimum absolute atomic E-state index is 0.438. The van der Waals surface area contributed by atoms with Crippen molar-refractivity contribution in [3.63, 3.8) is 0 Å². The molecule has 0 atom stereocenters. The third kappa shape index (κ3) is 14.0. The van der Waals surface area contributed by atoms with Crippen LogP contribution in [0.1, 0.15) is 13.8 Å². The number of nitriles is 2.